The molecule has 0 saturated heterocycles. The maximum atomic E-state index is 13.3. The van der Waals surface area contributed by atoms with Crippen LogP contribution in [-0.2, 0) is 11.3 Å². The number of carbonyl (C=O) groups excluding carboxylic acids is 1. The lowest BCUT2D eigenvalue weighted by molar-refractivity contribution is -0.220. The van der Waals surface area contributed by atoms with E-state index in [-0.39, 0.29) is 17.4 Å². The summed E-state index contributed by atoms with van der Waals surface area (Å²) in [5.41, 5.74) is 2.52. The molecule has 0 N–H and O–H groups in total. The molecule has 3 heterocycles. The van der Waals surface area contributed by atoms with E-state index in [1.165, 1.54) is 25.7 Å². The van der Waals surface area contributed by atoms with Crippen LogP contribution >= 0.6 is 0 Å². The van der Waals surface area contributed by atoms with Crippen molar-refractivity contribution in [2.75, 3.05) is 0 Å². The van der Waals surface area contributed by atoms with Crippen molar-refractivity contribution in [2.24, 2.45) is 15.9 Å². The molecule has 8 nitrogen and oxygen atoms in total. The molecule has 32 heavy (non-hydrogen) atoms. The lowest BCUT2D eigenvalue weighted by Gasteiger charge is -2.70. The molecule has 1 amide bonds. The number of aryl methyl sites for hydroxylation is 2. The van der Waals surface area contributed by atoms with E-state index in [1.54, 1.807) is 29.8 Å². The molecule has 1 atom stereocenters. The van der Waals surface area contributed by atoms with Crippen molar-refractivity contribution in [3.63, 3.8) is 0 Å². The highest BCUT2D eigenvalue weighted by Crippen LogP contribution is 2.76. The Labute approximate surface area is 188 Å². The Morgan fingerprint density at radius 2 is 1.97 bits per heavy atom. The van der Waals surface area contributed by atoms with E-state index in [2.05, 4.69) is 26.2 Å². The molecule has 0 radical (unpaired) electrons. The molecule has 166 valence electrons. The Morgan fingerprint density at radius 1 is 1.16 bits per heavy atom. The van der Waals surface area contributed by atoms with Gasteiger partial charge in [-0.05, 0) is 44.4 Å². The van der Waals surface area contributed by atoms with Gasteiger partial charge in [0.2, 0.25) is 5.91 Å². The van der Waals surface area contributed by atoms with Crippen LogP contribution in [0.1, 0.15) is 80.8 Å². The van der Waals surface area contributed by atoms with Crippen LogP contribution in [-0.4, -0.2) is 36.9 Å². The fourth-order valence-corrected chi connectivity index (χ4v) is 5.83. The largest absolute Gasteiger partial charge is 0.272 e. The average Bonchev–Trinajstić information content (AvgIpc) is 3.40. The molecule has 2 aromatic heterocycles. The van der Waals surface area contributed by atoms with Crippen LogP contribution in [0.5, 0.6) is 0 Å². The number of carbonyl (C=O) groups is 1. The van der Waals surface area contributed by atoms with Gasteiger partial charge in [0, 0.05) is 31.6 Å². The van der Waals surface area contributed by atoms with Gasteiger partial charge in [-0.1, -0.05) is 19.3 Å². The van der Waals surface area contributed by atoms with Crippen LogP contribution in [0.4, 0.5) is 0 Å². The number of hydrogen-bond donors (Lipinski definition) is 0. The lowest BCUT2D eigenvalue weighted by atomic mass is 9.33. The first-order valence-corrected chi connectivity index (χ1v) is 11.6. The van der Waals surface area contributed by atoms with E-state index >= 15 is 0 Å². The van der Waals surface area contributed by atoms with Crippen molar-refractivity contribution in [3.05, 3.63) is 41.7 Å². The van der Waals surface area contributed by atoms with E-state index in [9.17, 15) is 4.79 Å². The maximum Gasteiger partial charge on any atom is 0.249 e. The number of hydrogen-bond acceptors (Lipinski definition) is 6. The van der Waals surface area contributed by atoms with E-state index in [0.29, 0.717) is 17.4 Å². The van der Waals surface area contributed by atoms with Crippen molar-refractivity contribution < 1.29 is 4.79 Å². The Hall–Kier alpha value is -3.08. The van der Waals surface area contributed by atoms with Crippen molar-refractivity contribution in [2.45, 2.75) is 77.3 Å². The fourth-order valence-electron chi connectivity index (χ4n) is 5.83. The predicted molar refractivity (Wildman–Crippen MR) is 118 cm³/mol. The zero-order valence-electron chi connectivity index (χ0n) is 18.6. The first-order chi connectivity index (χ1) is 15.5. The number of rotatable bonds is 9. The predicted octanol–water partition coefficient (Wildman–Crippen LogP) is 3.93. The number of amides is 1. The summed E-state index contributed by atoms with van der Waals surface area (Å²) in [5.74, 6) is 0.177. The highest BCUT2D eigenvalue weighted by Gasteiger charge is 2.71. The molecule has 0 spiro atoms. The van der Waals surface area contributed by atoms with Crippen molar-refractivity contribution >= 4 is 12.1 Å². The summed E-state index contributed by atoms with van der Waals surface area (Å²) in [4.78, 5) is 22.1. The quantitative estimate of drug-likeness (QED) is 0.560. The van der Waals surface area contributed by atoms with Gasteiger partial charge in [-0.25, -0.2) is 5.01 Å². The van der Waals surface area contributed by atoms with Gasteiger partial charge in [-0.3, -0.25) is 19.4 Å². The lowest BCUT2D eigenvalue weighted by Crippen LogP contribution is -2.67. The number of unbranched alkanes of at least 4 members (excludes halogenated alkanes) is 3. The number of hydrazone groups is 1. The van der Waals surface area contributed by atoms with Gasteiger partial charge >= 0.3 is 0 Å². The zero-order chi connectivity index (χ0) is 22.2. The number of aromatic nitrogens is 4. The van der Waals surface area contributed by atoms with Gasteiger partial charge in [0.05, 0.1) is 34.8 Å². The standard InChI is InChI=1S/C24H29N7O/c1-18-11-27-20(13-26-18)21-6-8-28-31(21)22(32)24-15-23(16-24,17-24)7-4-2-3-5-9-30-14-19(10-25)12-29-30/h8,11-14,21H,2-7,9,15-17H2,1H3. The summed E-state index contributed by atoms with van der Waals surface area (Å²) in [5, 5.41) is 19.1. The normalized spacial score (nSPS) is 27.6. The summed E-state index contributed by atoms with van der Waals surface area (Å²) >= 11 is 0. The molecule has 3 fully saturated rings. The highest BCUT2D eigenvalue weighted by atomic mass is 16.2. The van der Waals surface area contributed by atoms with Crippen molar-refractivity contribution in [1.82, 2.24) is 24.8 Å². The van der Waals surface area contributed by atoms with Crippen molar-refractivity contribution in [1.29, 1.82) is 5.26 Å². The molecule has 2 aromatic rings. The van der Waals surface area contributed by atoms with Gasteiger partial charge in [-0.2, -0.15) is 15.5 Å². The minimum Gasteiger partial charge on any atom is -0.272 e. The molecule has 0 aromatic carbocycles. The Bertz CT molecular complexity index is 1040. The third-order valence-electron chi connectivity index (χ3n) is 7.38. The zero-order valence-corrected chi connectivity index (χ0v) is 18.6. The van der Waals surface area contributed by atoms with Gasteiger partial charge < -0.3 is 0 Å². The SMILES string of the molecule is Cc1cnc(C2CC=NN2C(=O)C23CC(CCCCCCn4cc(C#N)cn4)(C2)C3)cn1. The summed E-state index contributed by atoms with van der Waals surface area (Å²) in [6, 6.07) is 2.00. The minimum absolute atomic E-state index is 0.111. The second-order valence-electron chi connectivity index (χ2n) is 9.86. The highest BCUT2D eigenvalue weighted by molar-refractivity contribution is 5.88. The minimum atomic E-state index is -0.184. The summed E-state index contributed by atoms with van der Waals surface area (Å²) in [6.07, 6.45) is 18.4. The second kappa shape index (κ2) is 8.12. The first kappa shape index (κ1) is 20.8. The second-order valence-corrected chi connectivity index (χ2v) is 9.86. The molecule has 4 aliphatic rings. The Morgan fingerprint density at radius 3 is 2.69 bits per heavy atom. The molecule has 3 aliphatic carbocycles. The molecular weight excluding hydrogens is 402 g/mol. The summed E-state index contributed by atoms with van der Waals surface area (Å²) < 4.78 is 1.85. The van der Waals surface area contributed by atoms with E-state index in [1.807, 2.05) is 17.8 Å². The van der Waals surface area contributed by atoms with Crippen LogP contribution in [0.25, 0.3) is 0 Å². The molecule has 8 heteroatoms. The van der Waals surface area contributed by atoms with Crippen LogP contribution in [0.3, 0.4) is 0 Å². The van der Waals surface area contributed by atoms with Crippen LogP contribution in [0.2, 0.25) is 0 Å². The smallest absolute Gasteiger partial charge is 0.249 e. The summed E-state index contributed by atoms with van der Waals surface area (Å²) in [7, 11) is 0. The Balaban J connectivity index is 1.04. The molecule has 2 bridgehead atoms. The van der Waals surface area contributed by atoms with Gasteiger partial charge in [0.25, 0.3) is 0 Å². The number of nitriles is 1. The van der Waals surface area contributed by atoms with Gasteiger partial charge in [-0.15, -0.1) is 0 Å². The Kier molecular flexibility index (Phi) is 5.28. The average molecular weight is 432 g/mol. The van der Waals surface area contributed by atoms with Crippen LogP contribution < -0.4 is 0 Å². The summed E-state index contributed by atoms with van der Waals surface area (Å²) in [6.45, 7) is 2.78. The van der Waals surface area contributed by atoms with Gasteiger partial charge in [0.1, 0.15) is 12.1 Å². The van der Waals surface area contributed by atoms with Crippen molar-refractivity contribution in [3.8, 4) is 6.07 Å². The van der Waals surface area contributed by atoms with Gasteiger partial charge in [0.15, 0.2) is 0 Å². The monoisotopic (exact) mass is 431 g/mol. The molecule has 1 unspecified atom stereocenters. The third kappa shape index (κ3) is 3.70. The van der Waals surface area contributed by atoms with E-state index in [4.69, 9.17) is 5.26 Å². The molecule has 3 saturated carbocycles. The van der Waals surface area contributed by atoms with E-state index < -0.39 is 0 Å². The van der Waals surface area contributed by atoms with E-state index in [0.717, 1.165) is 43.6 Å². The molecule has 6 rings (SSSR count). The van der Waals surface area contributed by atoms with Crippen LogP contribution in [0, 0.1) is 29.1 Å². The van der Waals surface area contributed by atoms with Crippen LogP contribution in [0.15, 0.2) is 29.9 Å². The first-order valence-electron chi connectivity index (χ1n) is 11.6. The third-order valence-corrected chi connectivity index (χ3v) is 7.38. The fraction of sp³-hybridized carbons (Fsp3) is 0.583. The number of nitrogens with zero attached hydrogens (tertiary/aromatic N) is 7. The molecular formula is C24H29N7O. The topological polar surface area (TPSA) is 100 Å². The maximum absolute atomic E-state index is 13.3. The molecule has 1 aliphatic heterocycles.